The molecule has 0 radical (unpaired) electrons. The van der Waals surface area contributed by atoms with Crippen molar-refractivity contribution in [2.75, 3.05) is 17.6 Å². The number of nitrogens with zero attached hydrogens (tertiary/aromatic N) is 1. The number of nitrogen functional groups attached to an aromatic ring is 1. The highest BCUT2D eigenvalue weighted by molar-refractivity contribution is 5.73. The Kier molecular flexibility index (Phi) is 2.76. The van der Waals surface area contributed by atoms with E-state index in [4.69, 9.17) is 11.0 Å². The number of nitrogens with one attached hydrogen (secondary N) is 1. The monoisotopic (exact) mass is 175 g/mol. The molecule has 0 unspecified atom stereocenters. The van der Waals surface area contributed by atoms with E-state index in [-0.39, 0.29) is 0 Å². The third kappa shape index (κ3) is 1.73. The van der Waals surface area contributed by atoms with Gasteiger partial charge in [0.1, 0.15) is 0 Å². The van der Waals surface area contributed by atoms with Crippen molar-refractivity contribution in [2.45, 2.75) is 13.8 Å². The second kappa shape index (κ2) is 3.81. The molecule has 0 aromatic heterocycles. The first-order chi connectivity index (χ1) is 6.20. The minimum atomic E-state index is 0.671. The molecule has 1 aromatic rings. The number of hydrogen-bond acceptors (Lipinski definition) is 3. The lowest BCUT2D eigenvalue weighted by Crippen LogP contribution is -2.04. The van der Waals surface area contributed by atoms with E-state index in [9.17, 15) is 0 Å². The molecule has 1 aromatic carbocycles. The van der Waals surface area contributed by atoms with E-state index >= 15 is 0 Å². The Labute approximate surface area is 78.2 Å². The number of nitriles is 1. The molecule has 0 saturated carbocycles. The summed E-state index contributed by atoms with van der Waals surface area (Å²) in [5.41, 5.74) is 8.92. The van der Waals surface area contributed by atoms with Crippen LogP contribution in [-0.4, -0.2) is 6.54 Å². The molecule has 0 aliphatic rings. The maximum absolute atomic E-state index is 8.78. The van der Waals surface area contributed by atoms with E-state index in [1.54, 1.807) is 12.1 Å². The van der Waals surface area contributed by atoms with Gasteiger partial charge in [0.05, 0.1) is 23.0 Å². The quantitative estimate of drug-likeness (QED) is 0.674. The molecule has 0 heterocycles. The summed E-state index contributed by atoms with van der Waals surface area (Å²) in [7, 11) is 0. The number of rotatable bonds is 2. The van der Waals surface area contributed by atoms with Gasteiger partial charge in [-0.25, -0.2) is 0 Å². The second-order valence-electron chi connectivity index (χ2n) is 2.84. The van der Waals surface area contributed by atoms with Gasteiger partial charge in [-0.15, -0.1) is 0 Å². The van der Waals surface area contributed by atoms with Crippen LogP contribution in [-0.2, 0) is 0 Å². The fourth-order valence-electron chi connectivity index (χ4n) is 1.27. The Morgan fingerprint density at radius 2 is 2.23 bits per heavy atom. The normalized spacial score (nSPS) is 9.31. The predicted octanol–water partition coefficient (Wildman–Crippen LogP) is 1.88. The molecule has 0 spiro atoms. The van der Waals surface area contributed by atoms with Crippen molar-refractivity contribution in [1.82, 2.24) is 0 Å². The fraction of sp³-hybridized carbons (Fsp3) is 0.300. The first-order valence-corrected chi connectivity index (χ1v) is 4.23. The Morgan fingerprint density at radius 3 is 2.77 bits per heavy atom. The van der Waals surface area contributed by atoms with Crippen LogP contribution in [0.2, 0.25) is 0 Å². The van der Waals surface area contributed by atoms with E-state index in [0.29, 0.717) is 11.3 Å². The molecular weight excluding hydrogens is 162 g/mol. The van der Waals surface area contributed by atoms with Crippen molar-refractivity contribution in [3.8, 4) is 6.07 Å². The van der Waals surface area contributed by atoms with Crippen LogP contribution in [0.15, 0.2) is 12.1 Å². The first kappa shape index (κ1) is 9.40. The minimum Gasteiger partial charge on any atom is -0.397 e. The number of anilines is 2. The van der Waals surface area contributed by atoms with Crippen LogP contribution in [0.3, 0.4) is 0 Å². The van der Waals surface area contributed by atoms with Crippen molar-refractivity contribution in [3.05, 3.63) is 23.3 Å². The molecule has 0 aliphatic carbocycles. The molecule has 1 rings (SSSR count). The van der Waals surface area contributed by atoms with Crippen LogP contribution >= 0.6 is 0 Å². The van der Waals surface area contributed by atoms with Gasteiger partial charge in [-0.1, -0.05) is 0 Å². The summed E-state index contributed by atoms with van der Waals surface area (Å²) in [4.78, 5) is 0. The van der Waals surface area contributed by atoms with Gasteiger partial charge in [0, 0.05) is 6.54 Å². The molecule has 0 fully saturated rings. The van der Waals surface area contributed by atoms with Gasteiger partial charge in [0.25, 0.3) is 0 Å². The average molecular weight is 175 g/mol. The van der Waals surface area contributed by atoms with E-state index in [1.165, 1.54) is 0 Å². The Bertz CT molecular complexity index is 350. The third-order valence-electron chi connectivity index (χ3n) is 1.97. The molecule has 3 heteroatoms. The van der Waals surface area contributed by atoms with Crippen LogP contribution in [0.25, 0.3) is 0 Å². The van der Waals surface area contributed by atoms with Crippen molar-refractivity contribution in [1.29, 1.82) is 5.26 Å². The van der Waals surface area contributed by atoms with Crippen LogP contribution < -0.4 is 11.1 Å². The summed E-state index contributed by atoms with van der Waals surface area (Å²) >= 11 is 0. The molecule has 13 heavy (non-hydrogen) atoms. The first-order valence-electron chi connectivity index (χ1n) is 4.23. The SMILES string of the molecule is CCNc1c(N)ccc(C#N)c1C. The largest absolute Gasteiger partial charge is 0.397 e. The molecule has 0 amide bonds. The van der Waals surface area contributed by atoms with Crippen LogP contribution in [0, 0.1) is 18.3 Å². The van der Waals surface area contributed by atoms with Gasteiger partial charge in [-0.2, -0.15) is 5.26 Å². The molecule has 68 valence electrons. The Balaban J connectivity index is 3.23. The molecule has 0 saturated heterocycles. The molecule has 3 nitrogen and oxygen atoms in total. The zero-order chi connectivity index (χ0) is 9.84. The predicted molar refractivity (Wildman–Crippen MR) is 54.5 cm³/mol. The van der Waals surface area contributed by atoms with Crippen LogP contribution in [0.5, 0.6) is 0 Å². The summed E-state index contributed by atoms with van der Waals surface area (Å²) in [6, 6.07) is 5.62. The van der Waals surface area contributed by atoms with E-state index in [0.717, 1.165) is 17.8 Å². The highest BCUT2D eigenvalue weighted by atomic mass is 14.9. The summed E-state index contributed by atoms with van der Waals surface area (Å²) < 4.78 is 0. The molecule has 3 N–H and O–H groups in total. The summed E-state index contributed by atoms with van der Waals surface area (Å²) in [6.07, 6.45) is 0. The van der Waals surface area contributed by atoms with Gasteiger partial charge < -0.3 is 11.1 Å². The van der Waals surface area contributed by atoms with Crippen molar-refractivity contribution in [3.63, 3.8) is 0 Å². The lowest BCUT2D eigenvalue weighted by Gasteiger charge is -2.11. The lowest BCUT2D eigenvalue weighted by atomic mass is 10.1. The van der Waals surface area contributed by atoms with Gasteiger partial charge in [-0.3, -0.25) is 0 Å². The van der Waals surface area contributed by atoms with Crippen LogP contribution in [0.4, 0.5) is 11.4 Å². The topological polar surface area (TPSA) is 61.8 Å². The van der Waals surface area contributed by atoms with Gasteiger partial charge in [0.2, 0.25) is 0 Å². The Hall–Kier alpha value is -1.69. The van der Waals surface area contributed by atoms with Crippen molar-refractivity contribution in [2.24, 2.45) is 0 Å². The summed E-state index contributed by atoms with van der Waals surface area (Å²) in [5, 5.41) is 11.9. The minimum absolute atomic E-state index is 0.671. The number of nitrogens with two attached hydrogens (primary N) is 1. The van der Waals surface area contributed by atoms with Gasteiger partial charge >= 0.3 is 0 Å². The van der Waals surface area contributed by atoms with E-state index in [1.807, 2.05) is 13.8 Å². The van der Waals surface area contributed by atoms with Crippen molar-refractivity contribution < 1.29 is 0 Å². The summed E-state index contributed by atoms with van der Waals surface area (Å²) in [6.45, 7) is 4.70. The van der Waals surface area contributed by atoms with E-state index in [2.05, 4.69) is 11.4 Å². The highest BCUT2D eigenvalue weighted by Gasteiger charge is 2.05. The molecule has 0 aliphatic heterocycles. The zero-order valence-electron chi connectivity index (χ0n) is 7.89. The van der Waals surface area contributed by atoms with Crippen molar-refractivity contribution >= 4 is 11.4 Å². The smallest absolute Gasteiger partial charge is 0.0995 e. The highest BCUT2D eigenvalue weighted by Crippen LogP contribution is 2.25. The van der Waals surface area contributed by atoms with Gasteiger partial charge in [0.15, 0.2) is 0 Å². The maximum atomic E-state index is 8.78. The molecular formula is C10H13N3. The molecule has 0 bridgehead atoms. The van der Waals surface area contributed by atoms with E-state index < -0.39 is 0 Å². The number of hydrogen-bond donors (Lipinski definition) is 2. The second-order valence-corrected chi connectivity index (χ2v) is 2.84. The van der Waals surface area contributed by atoms with Crippen LogP contribution in [0.1, 0.15) is 18.1 Å². The fourth-order valence-corrected chi connectivity index (χ4v) is 1.27. The zero-order valence-corrected chi connectivity index (χ0v) is 7.89. The Morgan fingerprint density at radius 1 is 1.54 bits per heavy atom. The molecule has 0 atom stereocenters. The lowest BCUT2D eigenvalue weighted by molar-refractivity contribution is 1.20. The standard InChI is InChI=1S/C10H13N3/c1-3-13-10-7(2)8(6-11)4-5-9(10)12/h4-5,13H,3,12H2,1-2H3. The third-order valence-corrected chi connectivity index (χ3v) is 1.97. The number of benzene rings is 1. The average Bonchev–Trinajstić information content (AvgIpc) is 2.12. The van der Waals surface area contributed by atoms with Gasteiger partial charge in [-0.05, 0) is 31.5 Å². The summed E-state index contributed by atoms with van der Waals surface area (Å²) in [5.74, 6) is 0. The maximum Gasteiger partial charge on any atom is 0.0995 e.